The van der Waals surface area contributed by atoms with Gasteiger partial charge in [-0.3, -0.25) is 0 Å². The highest BCUT2D eigenvalue weighted by Crippen LogP contribution is 2.40. The number of ether oxygens (including phenoxy) is 4. The summed E-state index contributed by atoms with van der Waals surface area (Å²) in [4.78, 5) is 13.7. The molecule has 33 heavy (non-hydrogen) atoms. The van der Waals surface area contributed by atoms with E-state index in [0.717, 1.165) is 23.4 Å². The third-order valence-electron chi connectivity index (χ3n) is 5.88. The molecular weight excluding hydrogens is 418 g/mol. The van der Waals surface area contributed by atoms with Crippen LogP contribution in [0.15, 0.2) is 78.9 Å². The van der Waals surface area contributed by atoms with E-state index in [1.807, 2.05) is 48.5 Å². The molecule has 0 aromatic heterocycles. The van der Waals surface area contributed by atoms with E-state index in [2.05, 4.69) is 40.8 Å². The van der Waals surface area contributed by atoms with E-state index < -0.39 is 11.6 Å². The Labute approximate surface area is 194 Å². The lowest BCUT2D eigenvalue weighted by Crippen LogP contribution is -2.37. The number of fused-ring (bicyclic) bond motifs is 1. The third kappa shape index (κ3) is 5.12. The van der Waals surface area contributed by atoms with Crippen molar-refractivity contribution in [3.05, 3.63) is 90.0 Å². The standard InChI is InChI=1S/C27H29NO5/c1-27(21-10-5-3-6-11-21,22-12-7-4-8-13-22)33-19-17-28-16-18-31-26-23(28)14-9-15-24(26)32-20-25(29)30-2/h3-15H,16-20H2,1-2H3. The Hall–Kier alpha value is -3.51. The molecule has 0 saturated heterocycles. The average molecular weight is 448 g/mol. The van der Waals surface area contributed by atoms with E-state index in [0.29, 0.717) is 31.3 Å². The normalized spacial score (nSPS) is 13.1. The second-order valence-electron chi connectivity index (χ2n) is 7.92. The quantitative estimate of drug-likeness (QED) is 0.453. The van der Waals surface area contributed by atoms with Gasteiger partial charge in [0.2, 0.25) is 0 Å². The lowest BCUT2D eigenvalue weighted by atomic mass is 9.88. The molecule has 0 unspecified atom stereocenters. The molecule has 0 radical (unpaired) electrons. The van der Waals surface area contributed by atoms with Crippen LogP contribution in [0.2, 0.25) is 0 Å². The lowest BCUT2D eigenvalue weighted by Gasteiger charge is -2.35. The summed E-state index contributed by atoms with van der Waals surface area (Å²) < 4.78 is 22.7. The van der Waals surface area contributed by atoms with E-state index in [1.165, 1.54) is 7.11 Å². The number of carbonyl (C=O) groups is 1. The van der Waals surface area contributed by atoms with Crippen LogP contribution in [0.5, 0.6) is 11.5 Å². The molecule has 6 heteroatoms. The average Bonchev–Trinajstić information content (AvgIpc) is 2.88. The van der Waals surface area contributed by atoms with Gasteiger partial charge in [0.1, 0.15) is 12.2 Å². The third-order valence-corrected chi connectivity index (χ3v) is 5.88. The van der Waals surface area contributed by atoms with Crippen LogP contribution in [0.3, 0.4) is 0 Å². The van der Waals surface area contributed by atoms with Crippen LogP contribution < -0.4 is 14.4 Å². The van der Waals surface area contributed by atoms with Crippen molar-refractivity contribution < 1.29 is 23.7 Å². The van der Waals surface area contributed by atoms with Gasteiger partial charge in [0.05, 0.1) is 25.9 Å². The SMILES string of the molecule is COC(=O)COc1cccc2c1OCCN2CCOC(C)(c1ccccc1)c1ccccc1. The molecule has 0 aliphatic carbocycles. The molecule has 0 saturated carbocycles. The first-order valence-electron chi connectivity index (χ1n) is 11.1. The Kier molecular flexibility index (Phi) is 7.15. The van der Waals surface area contributed by atoms with Crippen LogP contribution in [0.1, 0.15) is 18.1 Å². The van der Waals surface area contributed by atoms with Crippen molar-refractivity contribution in [1.82, 2.24) is 0 Å². The first-order chi connectivity index (χ1) is 16.1. The van der Waals surface area contributed by atoms with Crippen LogP contribution in [0, 0.1) is 0 Å². The van der Waals surface area contributed by atoms with Crippen LogP contribution in [0.25, 0.3) is 0 Å². The van der Waals surface area contributed by atoms with Gasteiger partial charge >= 0.3 is 5.97 Å². The van der Waals surface area contributed by atoms with E-state index >= 15 is 0 Å². The fourth-order valence-corrected chi connectivity index (χ4v) is 4.02. The fourth-order valence-electron chi connectivity index (χ4n) is 4.02. The largest absolute Gasteiger partial charge is 0.486 e. The van der Waals surface area contributed by atoms with Crippen molar-refractivity contribution >= 4 is 11.7 Å². The zero-order valence-corrected chi connectivity index (χ0v) is 19.0. The molecule has 3 aromatic rings. The highest BCUT2D eigenvalue weighted by molar-refractivity contribution is 5.72. The number of hydrogen-bond donors (Lipinski definition) is 0. The Bertz CT molecular complexity index is 1020. The zero-order chi connectivity index (χ0) is 23.1. The second-order valence-corrected chi connectivity index (χ2v) is 7.92. The number of rotatable bonds is 9. The number of hydrogen-bond acceptors (Lipinski definition) is 6. The van der Waals surface area contributed by atoms with Gasteiger partial charge in [0.25, 0.3) is 0 Å². The summed E-state index contributed by atoms with van der Waals surface area (Å²) in [6.45, 7) is 4.43. The summed E-state index contributed by atoms with van der Waals surface area (Å²) in [5, 5.41) is 0. The topological polar surface area (TPSA) is 57.2 Å². The van der Waals surface area contributed by atoms with Crippen molar-refractivity contribution in [2.24, 2.45) is 0 Å². The van der Waals surface area contributed by atoms with Gasteiger partial charge in [-0.25, -0.2) is 4.79 Å². The number of benzene rings is 3. The minimum absolute atomic E-state index is 0.161. The Morgan fingerprint density at radius 2 is 1.64 bits per heavy atom. The van der Waals surface area contributed by atoms with E-state index in [4.69, 9.17) is 14.2 Å². The second kappa shape index (κ2) is 10.4. The Balaban J connectivity index is 1.49. The van der Waals surface area contributed by atoms with Crippen molar-refractivity contribution in [3.8, 4) is 11.5 Å². The number of methoxy groups -OCH3 is 1. The van der Waals surface area contributed by atoms with Gasteiger partial charge in [-0.2, -0.15) is 0 Å². The molecule has 0 atom stereocenters. The van der Waals surface area contributed by atoms with Gasteiger partial charge in [-0.15, -0.1) is 0 Å². The maximum Gasteiger partial charge on any atom is 0.343 e. The first kappa shape index (κ1) is 22.7. The molecule has 172 valence electrons. The van der Waals surface area contributed by atoms with Gasteiger partial charge in [0, 0.05) is 6.54 Å². The Morgan fingerprint density at radius 3 is 2.27 bits per heavy atom. The minimum atomic E-state index is -0.566. The number of anilines is 1. The van der Waals surface area contributed by atoms with Crippen LogP contribution in [-0.2, 0) is 19.9 Å². The summed E-state index contributed by atoms with van der Waals surface area (Å²) in [5.74, 6) is 0.734. The van der Waals surface area contributed by atoms with Crippen molar-refractivity contribution in [2.45, 2.75) is 12.5 Å². The molecule has 6 nitrogen and oxygen atoms in total. The zero-order valence-electron chi connectivity index (χ0n) is 19.0. The fraction of sp³-hybridized carbons (Fsp3) is 0.296. The van der Waals surface area contributed by atoms with Gasteiger partial charge in [-0.05, 0) is 30.2 Å². The molecule has 0 bridgehead atoms. The number of para-hydroxylation sites is 1. The molecule has 0 amide bonds. The smallest absolute Gasteiger partial charge is 0.343 e. The molecule has 0 N–H and O–H groups in total. The van der Waals surface area contributed by atoms with Crippen LogP contribution in [-0.4, -0.2) is 46.0 Å². The highest BCUT2D eigenvalue weighted by Gasteiger charge is 2.30. The maximum atomic E-state index is 11.5. The number of carbonyl (C=O) groups excluding carboxylic acids is 1. The van der Waals surface area contributed by atoms with Crippen molar-refractivity contribution in [3.63, 3.8) is 0 Å². The molecule has 0 fully saturated rings. The number of esters is 1. The van der Waals surface area contributed by atoms with Crippen LogP contribution in [0.4, 0.5) is 5.69 Å². The summed E-state index contributed by atoms with van der Waals surface area (Å²) in [6.07, 6.45) is 0. The molecule has 1 aliphatic rings. The Morgan fingerprint density at radius 1 is 0.970 bits per heavy atom. The summed E-state index contributed by atoms with van der Waals surface area (Å²) >= 11 is 0. The highest BCUT2D eigenvalue weighted by atomic mass is 16.6. The van der Waals surface area contributed by atoms with Gasteiger partial charge < -0.3 is 23.8 Å². The maximum absolute atomic E-state index is 11.5. The lowest BCUT2D eigenvalue weighted by molar-refractivity contribution is -0.142. The molecule has 1 heterocycles. The first-order valence-corrected chi connectivity index (χ1v) is 11.1. The molecule has 1 aliphatic heterocycles. The molecule has 3 aromatic carbocycles. The van der Waals surface area contributed by atoms with Crippen molar-refractivity contribution in [2.75, 3.05) is 44.9 Å². The van der Waals surface area contributed by atoms with E-state index in [1.54, 1.807) is 6.07 Å². The summed E-state index contributed by atoms with van der Waals surface area (Å²) in [7, 11) is 1.34. The summed E-state index contributed by atoms with van der Waals surface area (Å²) in [6, 6.07) is 26.2. The predicted octanol–water partition coefficient (Wildman–Crippen LogP) is 4.42. The molecule has 0 spiro atoms. The van der Waals surface area contributed by atoms with Crippen molar-refractivity contribution in [1.29, 1.82) is 0 Å². The predicted molar refractivity (Wildman–Crippen MR) is 127 cm³/mol. The van der Waals surface area contributed by atoms with E-state index in [9.17, 15) is 4.79 Å². The molecular formula is C27H29NO5. The van der Waals surface area contributed by atoms with Gasteiger partial charge in [0.15, 0.2) is 18.1 Å². The monoisotopic (exact) mass is 447 g/mol. The number of nitrogens with zero attached hydrogens (tertiary/aromatic N) is 1. The minimum Gasteiger partial charge on any atom is -0.486 e. The van der Waals surface area contributed by atoms with E-state index in [-0.39, 0.29) is 6.61 Å². The molecule has 4 rings (SSSR count). The van der Waals surface area contributed by atoms with Crippen LogP contribution >= 0.6 is 0 Å². The van der Waals surface area contributed by atoms with Gasteiger partial charge in [-0.1, -0.05) is 66.7 Å². The summed E-state index contributed by atoms with van der Waals surface area (Å²) in [5.41, 5.74) is 2.57.